The lowest BCUT2D eigenvalue weighted by Gasteiger charge is -2.20. The molecule has 3 atom stereocenters. The highest BCUT2D eigenvalue weighted by atomic mass is 16.1. The van der Waals surface area contributed by atoms with E-state index in [1.54, 1.807) is 0 Å². The molecule has 0 spiro atoms. The maximum Gasteiger partial charge on any atom is 0.123 e. The van der Waals surface area contributed by atoms with Crippen LogP contribution < -0.4 is 0 Å². The summed E-state index contributed by atoms with van der Waals surface area (Å²) in [6.07, 6.45) is 3.66. The zero-order valence-corrected chi connectivity index (χ0v) is 7.71. The minimum atomic E-state index is 0.343. The number of hydrogen-bond donors (Lipinski definition) is 0. The Kier molecular flexibility index (Phi) is 2.69. The fraction of sp³-hybridized carbons (Fsp3) is 0.900. The summed E-state index contributed by atoms with van der Waals surface area (Å²) in [4.78, 5) is 10.7. The van der Waals surface area contributed by atoms with Gasteiger partial charge in [0.05, 0.1) is 0 Å². The van der Waals surface area contributed by atoms with Crippen LogP contribution in [0.5, 0.6) is 0 Å². The van der Waals surface area contributed by atoms with Crippen molar-refractivity contribution >= 4 is 6.29 Å². The van der Waals surface area contributed by atoms with E-state index in [0.717, 1.165) is 0 Å². The first-order valence-corrected chi connectivity index (χ1v) is 4.62. The van der Waals surface area contributed by atoms with E-state index in [9.17, 15) is 4.79 Å². The normalized spacial score (nSPS) is 38.0. The van der Waals surface area contributed by atoms with Gasteiger partial charge in [-0.25, -0.2) is 0 Å². The predicted octanol–water partition coefficient (Wildman–Crippen LogP) is 2.50. The van der Waals surface area contributed by atoms with Gasteiger partial charge < -0.3 is 4.79 Å². The Morgan fingerprint density at radius 1 is 1.36 bits per heavy atom. The van der Waals surface area contributed by atoms with Gasteiger partial charge in [0, 0.05) is 5.92 Å². The van der Waals surface area contributed by atoms with Gasteiger partial charge in [0.15, 0.2) is 0 Å². The molecule has 0 radical (unpaired) electrons. The zero-order chi connectivity index (χ0) is 8.43. The molecule has 1 heteroatoms. The molecule has 0 aliphatic heterocycles. The molecule has 64 valence electrons. The van der Waals surface area contributed by atoms with Crippen LogP contribution in [-0.2, 0) is 4.79 Å². The SMILES string of the molecule is CC(C)[C@@H]1CC[C@@H](C)[C@H]1C=O. The summed E-state index contributed by atoms with van der Waals surface area (Å²) in [5.74, 6) is 2.30. The van der Waals surface area contributed by atoms with E-state index >= 15 is 0 Å². The molecule has 0 heterocycles. The second-order valence-electron chi connectivity index (χ2n) is 4.18. The van der Waals surface area contributed by atoms with Gasteiger partial charge in [0.2, 0.25) is 0 Å². The molecule has 1 nitrogen and oxygen atoms in total. The molecule has 0 bridgehead atoms. The van der Waals surface area contributed by atoms with Crippen molar-refractivity contribution < 1.29 is 4.79 Å². The summed E-state index contributed by atoms with van der Waals surface area (Å²) in [7, 11) is 0. The van der Waals surface area contributed by atoms with E-state index in [2.05, 4.69) is 20.8 Å². The average molecular weight is 154 g/mol. The van der Waals surface area contributed by atoms with E-state index < -0.39 is 0 Å². The van der Waals surface area contributed by atoms with E-state index in [1.807, 2.05) is 0 Å². The van der Waals surface area contributed by atoms with Gasteiger partial charge in [0.25, 0.3) is 0 Å². The standard InChI is InChI=1S/C10H18O/c1-7(2)9-5-4-8(3)10(9)6-11/h6-10H,4-5H2,1-3H3/t8-,9+,10-/m1/s1. The zero-order valence-electron chi connectivity index (χ0n) is 7.71. The molecular formula is C10H18O. The van der Waals surface area contributed by atoms with Crippen molar-refractivity contribution in [2.45, 2.75) is 33.6 Å². The van der Waals surface area contributed by atoms with Crippen molar-refractivity contribution in [2.24, 2.45) is 23.7 Å². The highest BCUT2D eigenvalue weighted by Gasteiger charge is 2.34. The number of hydrogen-bond acceptors (Lipinski definition) is 1. The summed E-state index contributed by atoms with van der Waals surface area (Å²) in [5.41, 5.74) is 0. The van der Waals surface area contributed by atoms with Crippen LogP contribution in [0, 0.1) is 23.7 Å². The van der Waals surface area contributed by atoms with E-state index in [0.29, 0.717) is 23.7 Å². The highest BCUT2D eigenvalue weighted by Crippen LogP contribution is 2.39. The lowest BCUT2D eigenvalue weighted by Crippen LogP contribution is -2.18. The van der Waals surface area contributed by atoms with Crippen LogP contribution in [-0.4, -0.2) is 6.29 Å². The predicted molar refractivity (Wildman–Crippen MR) is 46.3 cm³/mol. The molecule has 1 aliphatic carbocycles. The van der Waals surface area contributed by atoms with Crippen molar-refractivity contribution in [1.29, 1.82) is 0 Å². The van der Waals surface area contributed by atoms with Gasteiger partial charge >= 0.3 is 0 Å². The number of carbonyl (C=O) groups is 1. The Bertz CT molecular complexity index is 140. The van der Waals surface area contributed by atoms with Gasteiger partial charge in [-0.05, 0) is 30.6 Å². The topological polar surface area (TPSA) is 17.1 Å². The number of aldehydes is 1. The second kappa shape index (κ2) is 3.38. The molecule has 1 aliphatic rings. The molecule has 0 unspecified atom stereocenters. The van der Waals surface area contributed by atoms with Crippen LogP contribution in [0.2, 0.25) is 0 Å². The first kappa shape index (κ1) is 8.76. The summed E-state index contributed by atoms with van der Waals surface area (Å²) >= 11 is 0. The first-order valence-electron chi connectivity index (χ1n) is 4.62. The molecule has 0 saturated heterocycles. The lowest BCUT2D eigenvalue weighted by atomic mass is 9.84. The Morgan fingerprint density at radius 2 is 2.00 bits per heavy atom. The van der Waals surface area contributed by atoms with Gasteiger partial charge in [-0.15, -0.1) is 0 Å². The Hall–Kier alpha value is -0.330. The summed E-state index contributed by atoms with van der Waals surface area (Å²) in [5, 5.41) is 0. The molecule has 0 amide bonds. The third kappa shape index (κ3) is 1.63. The van der Waals surface area contributed by atoms with Crippen LogP contribution in [0.1, 0.15) is 33.6 Å². The largest absolute Gasteiger partial charge is 0.303 e. The van der Waals surface area contributed by atoms with Crippen LogP contribution in [0.4, 0.5) is 0 Å². The average Bonchev–Trinajstić information content (AvgIpc) is 2.30. The van der Waals surface area contributed by atoms with E-state index in [-0.39, 0.29) is 0 Å². The quantitative estimate of drug-likeness (QED) is 0.558. The molecular weight excluding hydrogens is 136 g/mol. The maximum atomic E-state index is 10.7. The third-order valence-corrected chi connectivity index (χ3v) is 3.12. The van der Waals surface area contributed by atoms with Crippen molar-refractivity contribution in [3.63, 3.8) is 0 Å². The van der Waals surface area contributed by atoms with Crippen molar-refractivity contribution in [3.05, 3.63) is 0 Å². The van der Waals surface area contributed by atoms with Gasteiger partial charge in [0.1, 0.15) is 6.29 Å². The van der Waals surface area contributed by atoms with Crippen molar-refractivity contribution in [3.8, 4) is 0 Å². The fourth-order valence-corrected chi connectivity index (χ4v) is 2.28. The maximum absolute atomic E-state index is 10.7. The first-order chi connectivity index (χ1) is 5.16. The molecule has 0 aromatic rings. The third-order valence-electron chi connectivity index (χ3n) is 3.12. The summed E-state index contributed by atoms with van der Waals surface area (Å²) in [6, 6.07) is 0. The minimum Gasteiger partial charge on any atom is -0.303 e. The molecule has 0 N–H and O–H groups in total. The molecule has 0 aromatic heterocycles. The molecule has 1 rings (SSSR count). The lowest BCUT2D eigenvalue weighted by molar-refractivity contribution is -0.113. The van der Waals surface area contributed by atoms with Crippen molar-refractivity contribution in [1.82, 2.24) is 0 Å². The molecule has 0 aromatic carbocycles. The fourth-order valence-electron chi connectivity index (χ4n) is 2.28. The van der Waals surface area contributed by atoms with Gasteiger partial charge in [-0.1, -0.05) is 20.8 Å². The van der Waals surface area contributed by atoms with Crippen LogP contribution in [0.15, 0.2) is 0 Å². The number of rotatable bonds is 2. The minimum absolute atomic E-state index is 0.343. The molecule has 1 saturated carbocycles. The smallest absolute Gasteiger partial charge is 0.123 e. The second-order valence-corrected chi connectivity index (χ2v) is 4.18. The Balaban J connectivity index is 2.61. The molecule has 11 heavy (non-hydrogen) atoms. The summed E-state index contributed by atoms with van der Waals surface area (Å²) < 4.78 is 0. The van der Waals surface area contributed by atoms with Crippen LogP contribution in [0.25, 0.3) is 0 Å². The highest BCUT2D eigenvalue weighted by molar-refractivity contribution is 5.55. The van der Waals surface area contributed by atoms with Crippen LogP contribution in [0.3, 0.4) is 0 Å². The Morgan fingerprint density at radius 3 is 2.36 bits per heavy atom. The van der Waals surface area contributed by atoms with Gasteiger partial charge in [-0.2, -0.15) is 0 Å². The van der Waals surface area contributed by atoms with E-state index in [4.69, 9.17) is 0 Å². The van der Waals surface area contributed by atoms with Crippen molar-refractivity contribution in [2.75, 3.05) is 0 Å². The van der Waals surface area contributed by atoms with E-state index in [1.165, 1.54) is 19.1 Å². The molecule has 1 fully saturated rings. The van der Waals surface area contributed by atoms with Crippen LogP contribution >= 0.6 is 0 Å². The summed E-state index contributed by atoms with van der Waals surface area (Å²) in [6.45, 7) is 6.64. The number of carbonyl (C=O) groups excluding carboxylic acids is 1. The van der Waals surface area contributed by atoms with Gasteiger partial charge in [-0.3, -0.25) is 0 Å². The monoisotopic (exact) mass is 154 g/mol. The Labute approximate surface area is 69.2 Å².